The molecule has 0 spiro atoms. The predicted molar refractivity (Wildman–Crippen MR) is 36.3 cm³/mol. The largest absolute Gasteiger partial charge is 2.00 e. The molecule has 0 aromatic rings. The molecule has 0 aromatic carbocycles. The molecule has 0 heterocycles. The fourth-order valence-electron chi connectivity index (χ4n) is 0.0962. The zero-order valence-electron chi connectivity index (χ0n) is 6.31. The Morgan fingerprint density at radius 2 is 1.15 bits per heavy atom. The molecule has 0 aliphatic rings. The summed E-state index contributed by atoms with van der Waals surface area (Å²) in [6.45, 7) is 0. The van der Waals surface area contributed by atoms with Gasteiger partial charge in [0, 0.05) is 12.2 Å². The van der Waals surface area contributed by atoms with Crippen molar-refractivity contribution in [1.82, 2.24) is 0 Å². The minimum atomic E-state index is -1.51. The molecule has 0 radical (unpaired) electrons. The summed E-state index contributed by atoms with van der Waals surface area (Å²) in [7, 11) is 0. The van der Waals surface area contributed by atoms with Gasteiger partial charge in [0.15, 0.2) is 0 Å². The van der Waals surface area contributed by atoms with Crippen LogP contribution in [0.4, 0.5) is 0 Å². The molecule has 0 saturated carbocycles. The maximum atomic E-state index is 9.17. The second kappa shape index (κ2) is 13.2. The van der Waals surface area contributed by atoms with E-state index in [9.17, 15) is 19.8 Å². The summed E-state index contributed by atoms with van der Waals surface area (Å²) < 4.78 is 0. The van der Waals surface area contributed by atoms with Gasteiger partial charge in [-0.15, -0.1) is 0 Å². The minimum absolute atomic E-state index is 0. The predicted octanol–water partition coefficient (Wildman–Crippen LogP) is -4.13. The van der Waals surface area contributed by atoms with Gasteiger partial charge in [-0.2, -0.15) is 0 Å². The summed E-state index contributed by atoms with van der Waals surface area (Å²) in [6.07, 6.45) is 0.583. The average Bonchev–Trinajstić information content (AvgIpc) is 1.87. The van der Waals surface area contributed by atoms with E-state index in [1.54, 1.807) is 0 Å². The molecular formula is C6H2MgO6. The summed E-state index contributed by atoms with van der Waals surface area (Å²) in [4.78, 5) is 36.4. The van der Waals surface area contributed by atoms with Gasteiger partial charge in [-0.1, -0.05) is 0 Å². The molecule has 0 aliphatic heterocycles. The third kappa shape index (κ3) is 37.0. The molecule has 0 N–H and O–H groups in total. The van der Waals surface area contributed by atoms with Crippen LogP contribution in [0, 0.1) is 0 Å². The van der Waals surface area contributed by atoms with Crippen molar-refractivity contribution in [3.63, 3.8) is 0 Å². The third-order valence-electron chi connectivity index (χ3n) is 0.354. The van der Waals surface area contributed by atoms with E-state index in [0.29, 0.717) is 12.2 Å². The molecule has 0 bridgehead atoms. The second-order valence-electron chi connectivity index (χ2n) is 1.16. The van der Waals surface area contributed by atoms with Gasteiger partial charge in [-0.25, -0.2) is 9.59 Å². The van der Waals surface area contributed by atoms with Crippen molar-refractivity contribution in [1.29, 1.82) is 0 Å². The first-order valence-electron chi connectivity index (χ1n) is 2.38. The molecule has 0 rings (SSSR count). The summed E-state index contributed by atoms with van der Waals surface area (Å²) in [5.41, 5.74) is 0. The van der Waals surface area contributed by atoms with Gasteiger partial charge < -0.3 is 19.8 Å². The zero-order chi connectivity index (χ0) is 9.98. The first-order valence-corrected chi connectivity index (χ1v) is 2.38. The number of rotatable bonds is 2. The maximum absolute atomic E-state index is 9.17. The average molecular weight is 194 g/mol. The number of carbonyl (C=O) groups excluding carboxylic acids is 4. The Kier molecular flexibility index (Phi) is 17.9. The molecule has 64 valence electrons. The number of carboxylic acid groups (broad SMARTS) is 2. The van der Waals surface area contributed by atoms with Crippen molar-refractivity contribution < 1.29 is 29.4 Å². The van der Waals surface area contributed by atoms with E-state index in [-0.39, 0.29) is 23.1 Å². The van der Waals surface area contributed by atoms with Crippen LogP contribution < -0.4 is 10.2 Å². The van der Waals surface area contributed by atoms with E-state index in [1.807, 2.05) is 0 Å². The molecule has 7 heteroatoms. The molecule has 0 aliphatic carbocycles. The Morgan fingerprint density at radius 3 is 1.15 bits per heavy atom. The number of hydrogen-bond acceptors (Lipinski definition) is 6. The smallest absolute Gasteiger partial charge is 0.545 e. The van der Waals surface area contributed by atoms with E-state index in [1.165, 1.54) is 0 Å². The molecule has 6 nitrogen and oxygen atoms in total. The van der Waals surface area contributed by atoms with Crippen LogP contribution in [-0.4, -0.2) is 46.9 Å². The van der Waals surface area contributed by atoms with Crippen molar-refractivity contribution in [2.45, 2.75) is 0 Å². The minimum Gasteiger partial charge on any atom is -0.545 e. The molecule has 13 heavy (non-hydrogen) atoms. The van der Waals surface area contributed by atoms with E-state index >= 15 is 0 Å². The van der Waals surface area contributed by atoms with Gasteiger partial charge in [-0.05, 0) is 0 Å². The van der Waals surface area contributed by atoms with Crippen LogP contribution in [0.15, 0.2) is 12.2 Å². The Hall–Kier alpha value is -1.39. The molecule has 0 fully saturated rings. The van der Waals surface area contributed by atoms with Crippen molar-refractivity contribution in [3.05, 3.63) is 12.2 Å². The summed E-state index contributed by atoms with van der Waals surface area (Å²) >= 11 is 0. The standard InChI is InChI=1S/2C3H2O3.Mg/c2*4-2-1-3(5)6;/h2*1H,(H,5,6);/q;;+2/p-2. The van der Waals surface area contributed by atoms with Crippen molar-refractivity contribution in [2.24, 2.45) is 0 Å². The van der Waals surface area contributed by atoms with E-state index in [4.69, 9.17) is 9.59 Å². The van der Waals surface area contributed by atoms with Gasteiger partial charge in [0.05, 0.1) is 11.9 Å². The molecule has 0 aromatic heterocycles. The number of carboxylic acids is 2. The van der Waals surface area contributed by atoms with E-state index < -0.39 is 11.9 Å². The van der Waals surface area contributed by atoms with Gasteiger partial charge in [-0.3, -0.25) is 0 Å². The van der Waals surface area contributed by atoms with Crippen molar-refractivity contribution in [2.75, 3.05) is 0 Å². The SMILES string of the molecule is O=C=CC(=O)[O-].O=C=CC(=O)[O-].[Mg+2]. The fourth-order valence-corrected chi connectivity index (χ4v) is 0.0962. The zero-order valence-corrected chi connectivity index (χ0v) is 7.73. The Balaban J connectivity index is -0.000000143. The molecule has 0 amide bonds. The van der Waals surface area contributed by atoms with E-state index in [2.05, 4.69) is 0 Å². The molecule has 0 unspecified atom stereocenters. The van der Waals surface area contributed by atoms with Crippen LogP contribution in [0.25, 0.3) is 0 Å². The Morgan fingerprint density at radius 1 is 0.923 bits per heavy atom. The Bertz CT molecular complexity index is 230. The van der Waals surface area contributed by atoms with Crippen LogP contribution in [0.5, 0.6) is 0 Å². The molecule has 0 saturated heterocycles. The van der Waals surface area contributed by atoms with Crippen LogP contribution in [-0.2, 0) is 19.2 Å². The summed E-state index contributed by atoms with van der Waals surface area (Å²) in [5.74, 6) is -0.958. The topological polar surface area (TPSA) is 114 Å². The van der Waals surface area contributed by atoms with Gasteiger partial charge in [0.2, 0.25) is 0 Å². The third-order valence-corrected chi connectivity index (χ3v) is 0.354. The molecular weight excluding hydrogens is 192 g/mol. The molecule has 0 atom stereocenters. The van der Waals surface area contributed by atoms with Crippen molar-refractivity contribution in [3.8, 4) is 0 Å². The van der Waals surface area contributed by atoms with Crippen LogP contribution in [0.1, 0.15) is 0 Å². The number of hydrogen-bond donors (Lipinski definition) is 0. The van der Waals surface area contributed by atoms with Gasteiger partial charge in [0.1, 0.15) is 11.9 Å². The maximum Gasteiger partial charge on any atom is 2.00 e. The van der Waals surface area contributed by atoms with Crippen LogP contribution >= 0.6 is 0 Å². The normalized spacial score (nSPS) is 5.54. The van der Waals surface area contributed by atoms with E-state index in [0.717, 1.165) is 11.9 Å². The fraction of sp³-hybridized carbons (Fsp3) is 0. The Labute approximate surface area is 88.7 Å². The van der Waals surface area contributed by atoms with Crippen LogP contribution in [0.2, 0.25) is 0 Å². The first kappa shape index (κ1) is 17.6. The first-order chi connectivity index (χ1) is 5.54. The van der Waals surface area contributed by atoms with Crippen LogP contribution in [0.3, 0.4) is 0 Å². The monoisotopic (exact) mass is 194 g/mol. The number of aliphatic carboxylic acids is 2. The summed E-state index contributed by atoms with van der Waals surface area (Å²) in [5, 5.41) is 18.3. The second-order valence-corrected chi connectivity index (χ2v) is 1.16. The quantitative estimate of drug-likeness (QED) is 0.250. The van der Waals surface area contributed by atoms with Gasteiger partial charge >= 0.3 is 23.1 Å². The summed E-state index contributed by atoms with van der Waals surface area (Å²) in [6, 6.07) is 0. The van der Waals surface area contributed by atoms with Gasteiger partial charge in [0.25, 0.3) is 0 Å². The number of carbonyl (C=O) groups is 2. The van der Waals surface area contributed by atoms with Crippen molar-refractivity contribution >= 4 is 46.9 Å².